The summed E-state index contributed by atoms with van der Waals surface area (Å²) in [5.41, 5.74) is 1.97. The van der Waals surface area contributed by atoms with E-state index in [0.717, 1.165) is 22.2 Å². The highest BCUT2D eigenvalue weighted by Crippen LogP contribution is 2.22. The molecule has 3 nitrogen and oxygen atoms in total. The average Bonchev–Trinajstić information content (AvgIpc) is 2.35. The molecule has 86 valence electrons. The highest BCUT2D eigenvalue weighted by molar-refractivity contribution is 9.08. The van der Waals surface area contributed by atoms with Gasteiger partial charge in [0.1, 0.15) is 5.75 Å². The Labute approximate surface area is 103 Å². The van der Waals surface area contributed by atoms with Crippen LogP contribution in [0.15, 0.2) is 24.3 Å². The number of carbonyl (C=O) groups excluding carboxylic acids is 1. The van der Waals surface area contributed by atoms with Gasteiger partial charge in [-0.3, -0.25) is 0 Å². The molecule has 0 spiro atoms. The summed E-state index contributed by atoms with van der Waals surface area (Å²) in [7, 11) is 2.94. The highest BCUT2D eigenvalue weighted by Gasteiger charge is 2.02. The molecule has 4 heteroatoms. The quantitative estimate of drug-likeness (QED) is 0.485. The van der Waals surface area contributed by atoms with Gasteiger partial charge in [-0.25, -0.2) is 4.79 Å². The van der Waals surface area contributed by atoms with Gasteiger partial charge < -0.3 is 9.47 Å². The van der Waals surface area contributed by atoms with Crippen molar-refractivity contribution in [3.05, 3.63) is 35.4 Å². The molecule has 0 saturated heterocycles. The lowest BCUT2D eigenvalue weighted by atomic mass is 10.1. The molecule has 0 saturated carbocycles. The first-order chi connectivity index (χ1) is 7.71. The van der Waals surface area contributed by atoms with Crippen molar-refractivity contribution in [3.8, 4) is 5.75 Å². The van der Waals surface area contributed by atoms with Crippen LogP contribution in [0.5, 0.6) is 5.75 Å². The van der Waals surface area contributed by atoms with Crippen LogP contribution in [0.2, 0.25) is 0 Å². The van der Waals surface area contributed by atoms with Crippen LogP contribution >= 0.6 is 15.9 Å². The van der Waals surface area contributed by atoms with E-state index >= 15 is 0 Å². The first-order valence-corrected chi connectivity index (χ1v) is 5.82. The zero-order valence-electron chi connectivity index (χ0n) is 9.20. The fraction of sp³-hybridized carbons (Fsp3) is 0.250. The topological polar surface area (TPSA) is 35.5 Å². The number of alkyl halides is 1. The van der Waals surface area contributed by atoms with Crippen LogP contribution in [-0.4, -0.2) is 20.2 Å². The smallest absolute Gasteiger partial charge is 0.330 e. The second kappa shape index (κ2) is 6.33. The Balaban J connectivity index is 2.99. The number of rotatable bonds is 4. The predicted octanol–water partition coefficient (Wildman–Crippen LogP) is 2.78. The van der Waals surface area contributed by atoms with Crippen molar-refractivity contribution in [3.63, 3.8) is 0 Å². The Hall–Kier alpha value is -1.29. The Morgan fingerprint density at radius 3 is 2.75 bits per heavy atom. The lowest BCUT2D eigenvalue weighted by Gasteiger charge is -2.06. The van der Waals surface area contributed by atoms with Crippen molar-refractivity contribution in [1.82, 2.24) is 0 Å². The van der Waals surface area contributed by atoms with Crippen LogP contribution in [0.1, 0.15) is 11.1 Å². The Bertz CT molecular complexity index is 399. The molecule has 0 atom stereocenters. The summed E-state index contributed by atoms with van der Waals surface area (Å²) < 4.78 is 9.72. The molecule has 0 unspecified atom stereocenters. The standard InChI is InChI=1S/C12H13BrO3/c1-15-11-5-3-9(8-13)7-10(11)4-6-12(14)16-2/h3-7H,8H2,1-2H3. The summed E-state index contributed by atoms with van der Waals surface area (Å²) in [5, 5.41) is 0.760. The van der Waals surface area contributed by atoms with Crippen molar-refractivity contribution in [2.24, 2.45) is 0 Å². The monoisotopic (exact) mass is 284 g/mol. The average molecular weight is 285 g/mol. The number of methoxy groups -OCH3 is 2. The van der Waals surface area contributed by atoms with Crippen LogP contribution in [0.4, 0.5) is 0 Å². The highest BCUT2D eigenvalue weighted by atomic mass is 79.9. The van der Waals surface area contributed by atoms with Crippen molar-refractivity contribution in [2.75, 3.05) is 14.2 Å². The van der Waals surface area contributed by atoms with E-state index in [1.807, 2.05) is 18.2 Å². The first kappa shape index (κ1) is 12.8. The van der Waals surface area contributed by atoms with E-state index in [1.165, 1.54) is 13.2 Å². The van der Waals surface area contributed by atoms with Gasteiger partial charge >= 0.3 is 5.97 Å². The third-order valence-corrected chi connectivity index (χ3v) is 2.70. The second-order valence-electron chi connectivity index (χ2n) is 3.07. The molecule has 0 aliphatic rings. The van der Waals surface area contributed by atoms with Gasteiger partial charge in [-0.1, -0.05) is 22.0 Å². The number of halogens is 1. The Kier molecular flexibility index (Phi) is 5.05. The molecule has 0 heterocycles. The molecule has 1 aromatic rings. The van der Waals surface area contributed by atoms with Crippen molar-refractivity contribution in [2.45, 2.75) is 5.33 Å². The minimum atomic E-state index is -0.383. The minimum absolute atomic E-state index is 0.383. The second-order valence-corrected chi connectivity index (χ2v) is 3.63. The number of hydrogen-bond acceptors (Lipinski definition) is 3. The number of esters is 1. The van der Waals surface area contributed by atoms with Gasteiger partial charge in [0.05, 0.1) is 14.2 Å². The largest absolute Gasteiger partial charge is 0.496 e. The molecule has 1 aromatic carbocycles. The summed E-state index contributed by atoms with van der Waals surface area (Å²) in [5.74, 6) is 0.344. The summed E-state index contributed by atoms with van der Waals surface area (Å²) in [6, 6.07) is 5.78. The Morgan fingerprint density at radius 2 is 2.19 bits per heavy atom. The van der Waals surface area contributed by atoms with Crippen LogP contribution in [0, 0.1) is 0 Å². The van der Waals surface area contributed by atoms with Crippen LogP contribution in [-0.2, 0) is 14.9 Å². The molecular weight excluding hydrogens is 272 g/mol. The maximum Gasteiger partial charge on any atom is 0.330 e. The molecule has 0 aliphatic heterocycles. The van der Waals surface area contributed by atoms with E-state index in [-0.39, 0.29) is 5.97 Å². The normalized spacial score (nSPS) is 10.4. The number of hydrogen-bond donors (Lipinski definition) is 0. The molecule has 0 amide bonds. The molecule has 0 radical (unpaired) electrons. The zero-order valence-corrected chi connectivity index (χ0v) is 10.8. The molecule has 16 heavy (non-hydrogen) atoms. The van der Waals surface area contributed by atoms with Gasteiger partial charge in [-0.05, 0) is 23.8 Å². The summed E-state index contributed by atoms with van der Waals surface area (Å²) in [6.45, 7) is 0. The van der Waals surface area contributed by atoms with E-state index < -0.39 is 0 Å². The summed E-state index contributed by atoms with van der Waals surface area (Å²) in [4.78, 5) is 11.0. The maximum absolute atomic E-state index is 11.0. The third-order valence-electron chi connectivity index (χ3n) is 2.05. The van der Waals surface area contributed by atoms with E-state index in [2.05, 4.69) is 20.7 Å². The van der Waals surface area contributed by atoms with Gasteiger partial charge in [-0.15, -0.1) is 0 Å². The molecule has 0 fully saturated rings. The molecular formula is C12H13BrO3. The van der Waals surface area contributed by atoms with Crippen molar-refractivity contribution >= 4 is 28.0 Å². The molecule has 1 rings (SSSR count). The third kappa shape index (κ3) is 3.38. The van der Waals surface area contributed by atoms with Crippen molar-refractivity contribution in [1.29, 1.82) is 0 Å². The lowest BCUT2D eigenvalue weighted by molar-refractivity contribution is -0.134. The fourth-order valence-electron chi connectivity index (χ4n) is 1.22. The SMILES string of the molecule is COC(=O)C=Cc1cc(CBr)ccc1OC. The van der Waals surface area contributed by atoms with Gasteiger partial charge in [0.2, 0.25) is 0 Å². The van der Waals surface area contributed by atoms with Gasteiger partial charge in [0, 0.05) is 17.0 Å². The minimum Gasteiger partial charge on any atom is -0.496 e. The fourth-order valence-corrected chi connectivity index (χ4v) is 1.57. The maximum atomic E-state index is 11.0. The molecule has 0 aromatic heterocycles. The van der Waals surface area contributed by atoms with Crippen molar-refractivity contribution < 1.29 is 14.3 Å². The van der Waals surface area contributed by atoms with E-state index in [0.29, 0.717) is 0 Å². The Morgan fingerprint density at radius 1 is 1.44 bits per heavy atom. The van der Waals surface area contributed by atoms with Crippen LogP contribution in [0.3, 0.4) is 0 Å². The molecule has 0 bridgehead atoms. The zero-order chi connectivity index (χ0) is 12.0. The number of benzene rings is 1. The first-order valence-electron chi connectivity index (χ1n) is 4.70. The van der Waals surface area contributed by atoms with E-state index in [9.17, 15) is 4.79 Å². The van der Waals surface area contributed by atoms with Gasteiger partial charge in [0.15, 0.2) is 0 Å². The summed E-state index contributed by atoms with van der Waals surface area (Å²) in [6.07, 6.45) is 3.05. The van der Waals surface area contributed by atoms with Gasteiger partial charge in [0.25, 0.3) is 0 Å². The van der Waals surface area contributed by atoms with Crippen LogP contribution < -0.4 is 4.74 Å². The van der Waals surface area contributed by atoms with Crippen LogP contribution in [0.25, 0.3) is 6.08 Å². The lowest BCUT2D eigenvalue weighted by Crippen LogP contribution is -1.94. The summed E-state index contributed by atoms with van der Waals surface area (Å²) >= 11 is 3.38. The van der Waals surface area contributed by atoms with Gasteiger partial charge in [-0.2, -0.15) is 0 Å². The molecule has 0 N–H and O–H groups in total. The van der Waals surface area contributed by atoms with E-state index in [1.54, 1.807) is 13.2 Å². The number of carbonyl (C=O) groups is 1. The predicted molar refractivity (Wildman–Crippen MR) is 66.7 cm³/mol. The van der Waals surface area contributed by atoms with E-state index in [4.69, 9.17) is 4.74 Å². The number of ether oxygens (including phenoxy) is 2. The molecule has 0 aliphatic carbocycles.